The molecule has 0 fully saturated rings. The van der Waals surface area contributed by atoms with Crippen molar-refractivity contribution in [3.63, 3.8) is 0 Å². The van der Waals surface area contributed by atoms with Gasteiger partial charge in [0.05, 0.1) is 23.2 Å². The molecule has 20 heavy (non-hydrogen) atoms. The molecule has 6 nitrogen and oxygen atoms in total. The summed E-state index contributed by atoms with van der Waals surface area (Å²) in [5.74, 6) is -1.73. The number of hydrogen-bond donors (Lipinski definition) is 2. The van der Waals surface area contributed by atoms with Gasteiger partial charge in [0.15, 0.2) is 0 Å². The molecule has 0 aliphatic carbocycles. The fraction of sp³-hybridized carbons (Fsp3) is 0.357. The molecule has 0 bridgehead atoms. The molecule has 0 saturated carbocycles. The minimum atomic E-state index is -0.882. The Bertz CT molecular complexity index is 621. The van der Waals surface area contributed by atoms with Gasteiger partial charge in [-0.3, -0.25) is 9.59 Å². The zero-order chi connectivity index (χ0) is 14.5. The van der Waals surface area contributed by atoms with Crippen molar-refractivity contribution >= 4 is 17.4 Å². The maximum Gasteiger partial charge on any atom is 0.308 e. The lowest BCUT2D eigenvalue weighted by Gasteiger charge is -2.11. The Labute approximate surface area is 116 Å². The van der Waals surface area contributed by atoms with Crippen LogP contribution in [0, 0.1) is 5.92 Å². The van der Waals surface area contributed by atoms with Gasteiger partial charge in [0, 0.05) is 12.7 Å². The van der Waals surface area contributed by atoms with E-state index in [2.05, 4.69) is 10.4 Å². The van der Waals surface area contributed by atoms with E-state index in [4.69, 9.17) is 5.11 Å². The molecule has 2 aromatic rings. The van der Waals surface area contributed by atoms with Crippen LogP contribution < -0.4 is 5.32 Å². The second-order valence-corrected chi connectivity index (χ2v) is 4.62. The van der Waals surface area contributed by atoms with Crippen LogP contribution in [0.1, 0.15) is 30.1 Å². The molecule has 6 heteroatoms. The van der Waals surface area contributed by atoms with Crippen molar-refractivity contribution in [2.45, 2.75) is 19.8 Å². The number of carbonyl (C=O) groups excluding carboxylic acids is 1. The molecule has 0 aromatic carbocycles. The number of rotatable bonds is 6. The molecule has 2 aromatic heterocycles. The Morgan fingerprint density at radius 1 is 1.45 bits per heavy atom. The summed E-state index contributed by atoms with van der Waals surface area (Å²) in [7, 11) is 0. The molecule has 2 rings (SSSR count). The minimum Gasteiger partial charge on any atom is -0.481 e. The van der Waals surface area contributed by atoms with Gasteiger partial charge in [-0.2, -0.15) is 5.10 Å². The number of pyridine rings is 1. The van der Waals surface area contributed by atoms with Gasteiger partial charge < -0.3 is 10.4 Å². The third kappa shape index (κ3) is 2.96. The molecule has 2 N–H and O–H groups in total. The van der Waals surface area contributed by atoms with E-state index < -0.39 is 11.9 Å². The second kappa shape index (κ2) is 6.18. The number of fused-ring (bicyclic) bond motifs is 1. The summed E-state index contributed by atoms with van der Waals surface area (Å²) in [5, 5.41) is 15.8. The van der Waals surface area contributed by atoms with Gasteiger partial charge in [-0.1, -0.05) is 19.4 Å². The Morgan fingerprint density at radius 2 is 2.25 bits per heavy atom. The Balaban J connectivity index is 2.06. The molecule has 0 radical (unpaired) electrons. The highest BCUT2D eigenvalue weighted by Crippen LogP contribution is 2.10. The quantitative estimate of drug-likeness (QED) is 0.838. The molecular formula is C14H17N3O3. The topological polar surface area (TPSA) is 83.7 Å². The summed E-state index contributed by atoms with van der Waals surface area (Å²) in [6.07, 6.45) is 4.55. The van der Waals surface area contributed by atoms with E-state index >= 15 is 0 Å². The molecule has 1 unspecified atom stereocenters. The smallest absolute Gasteiger partial charge is 0.308 e. The highest BCUT2D eigenvalue weighted by Gasteiger charge is 2.19. The number of carboxylic acid groups (broad SMARTS) is 1. The van der Waals surface area contributed by atoms with Crippen LogP contribution >= 0.6 is 0 Å². The first-order chi connectivity index (χ1) is 9.63. The van der Waals surface area contributed by atoms with Gasteiger partial charge >= 0.3 is 5.97 Å². The fourth-order valence-corrected chi connectivity index (χ4v) is 2.08. The molecule has 1 atom stereocenters. The first-order valence-electron chi connectivity index (χ1n) is 6.57. The molecule has 1 amide bonds. The normalized spacial score (nSPS) is 12.2. The molecule has 0 spiro atoms. The van der Waals surface area contributed by atoms with Crippen molar-refractivity contribution in [3.8, 4) is 0 Å². The SMILES string of the molecule is CCCC(CNC(=O)c1cnn2ccccc12)C(=O)O. The van der Waals surface area contributed by atoms with Crippen molar-refractivity contribution in [3.05, 3.63) is 36.2 Å². The van der Waals surface area contributed by atoms with Gasteiger partial charge in [-0.15, -0.1) is 0 Å². The minimum absolute atomic E-state index is 0.131. The van der Waals surface area contributed by atoms with Crippen molar-refractivity contribution in [1.82, 2.24) is 14.9 Å². The monoisotopic (exact) mass is 275 g/mol. The number of hydrogen-bond acceptors (Lipinski definition) is 3. The van der Waals surface area contributed by atoms with E-state index in [-0.39, 0.29) is 12.5 Å². The van der Waals surface area contributed by atoms with Crippen molar-refractivity contribution < 1.29 is 14.7 Å². The first kappa shape index (κ1) is 14.0. The van der Waals surface area contributed by atoms with Crippen molar-refractivity contribution in [1.29, 1.82) is 0 Å². The van der Waals surface area contributed by atoms with Crippen LogP contribution in [0.2, 0.25) is 0 Å². The second-order valence-electron chi connectivity index (χ2n) is 4.62. The zero-order valence-corrected chi connectivity index (χ0v) is 11.2. The van der Waals surface area contributed by atoms with Crippen molar-refractivity contribution in [2.24, 2.45) is 5.92 Å². The Hall–Kier alpha value is -2.37. The van der Waals surface area contributed by atoms with Gasteiger partial charge in [-0.05, 0) is 18.6 Å². The molecule has 0 saturated heterocycles. The van der Waals surface area contributed by atoms with Crippen LogP contribution in [0.25, 0.3) is 5.52 Å². The average Bonchev–Trinajstić information content (AvgIpc) is 2.86. The van der Waals surface area contributed by atoms with Crippen molar-refractivity contribution in [2.75, 3.05) is 6.54 Å². The third-order valence-corrected chi connectivity index (χ3v) is 3.17. The fourth-order valence-electron chi connectivity index (χ4n) is 2.08. The van der Waals surface area contributed by atoms with Gasteiger partial charge in [0.2, 0.25) is 0 Å². The van der Waals surface area contributed by atoms with Crippen LogP contribution in [0.15, 0.2) is 30.6 Å². The van der Waals surface area contributed by atoms with E-state index in [9.17, 15) is 9.59 Å². The van der Waals surface area contributed by atoms with Crippen LogP contribution in [0.5, 0.6) is 0 Å². The third-order valence-electron chi connectivity index (χ3n) is 3.17. The van der Waals surface area contributed by atoms with Gasteiger partial charge in [0.1, 0.15) is 0 Å². The number of aromatic nitrogens is 2. The van der Waals surface area contributed by atoms with E-state index in [0.29, 0.717) is 17.5 Å². The maximum absolute atomic E-state index is 12.1. The first-order valence-corrected chi connectivity index (χ1v) is 6.57. The van der Waals surface area contributed by atoms with Gasteiger partial charge in [0.25, 0.3) is 5.91 Å². The van der Waals surface area contributed by atoms with Gasteiger partial charge in [-0.25, -0.2) is 4.52 Å². The lowest BCUT2D eigenvalue weighted by atomic mass is 10.0. The molecule has 0 aliphatic rings. The largest absolute Gasteiger partial charge is 0.481 e. The average molecular weight is 275 g/mol. The van der Waals surface area contributed by atoms with E-state index in [1.54, 1.807) is 16.8 Å². The van der Waals surface area contributed by atoms with Crippen LogP contribution in [-0.2, 0) is 4.79 Å². The van der Waals surface area contributed by atoms with Crippen LogP contribution in [0.3, 0.4) is 0 Å². The maximum atomic E-state index is 12.1. The predicted molar refractivity (Wildman–Crippen MR) is 73.6 cm³/mol. The van der Waals surface area contributed by atoms with E-state index in [1.807, 2.05) is 19.1 Å². The highest BCUT2D eigenvalue weighted by atomic mass is 16.4. The van der Waals surface area contributed by atoms with E-state index in [1.165, 1.54) is 6.20 Å². The number of amides is 1. The molecular weight excluding hydrogens is 258 g/mol. The lowest BCUT2D eigenvalue weighted by molar-refractivity contribution is -0.141. The number of nitrogens with one attached hydrogen (secondary N) is 1. The molecule has 2 heterocycles. The lowest BCUT2D eigenvalue weighted by Crippen LogP contribution is -2.32. The molecule has 106 valence electrons. The number of nitrogens with zero attached hydrogens (tertiary/aromatic N) is 2. The van der Waals surface area contributed by atoms with Crippen LogP contribution in [0.4, 0.5) is 0 Å². The summed E-state index contributed by atoms with van der Waals surface area (Å²) < 4.78 is 1.61. The Morgan fingerprint density at radius 3 is 2.95 bits per heavy atom. The zero-order valence-electron chi connectivity index (χ0n) is 11.2. The number of aliphatic carboxylic acids is 1. The summed E-state index contributed by atoms with van der Waals surface area (Å²) >= 11 is 0. The Kier molecular flexibility index (Phi) is 4.34. The van der Waals surface area contributed by atoms with E-state index in [0.717, 1.165) is 6.42 Å². The number of carbonyl (C=O) groups is 2. The highest BCUT2D eigenvalue weighted by molar-refractivity contribution is 6.00. The summed E-state index contributed by atoms with van der Waals surface area (Å²) in [5.41, 5.74) is 1.15. The summed E-state index contributed by atoms with van der Waals surface area (Å²) in [6.45, 7) is 2.05. The predicted octanol–water partition coefficient (Wildman–Crippen LogP) is 1.57. The standard InChI is InChI=1S/C14H17N3O3/c1-2-5-10(14(19)20)8-15-13(18)11-9-16-17-7-4-3-6-12(11)17/h3-4,6-7,9-10H,2,5,8H2,1H3,(H,15,18)(H,19,20). The molecule has 0 aliphatic heterocycles. The summed E-state index contributed by atoms with van der Waals surface area (Å²) in [4.78, 5) is 23.1. The number of carboxylic acids is 1. The van der Waals surface area contributed by atoms with Crippen LogP contribution in [-0.4, -0.2) is 33.1 Å². The summed E-state index contributed by atoms with van der Waals surface area (Å²) in [6, 6.07) is 5.44.